The van der Waals surface area contributed by atoms with E-state index in [1.165, 1.54) is 24.8 Å². The molecule has 3 N–H and O–H groups in total. The molecule has 1 aliphatic rings. The summed E-state index contributed by atoms with van der Waals surface area (Å²) in [6.45, 7) is 3.46. The number of amides is 1. The molecule has 0 atom stereocenters. The van der Waals surface area contributed by atoms with Gasteiger partial charge in [0.2, 0.25) is 0 Å². The lowest BCUT2D eigenvalue weighted by atomic mass is 10.2. The number of nitrogen functional groups attached to an aromatic ring is 1. The normalized spacial score (nSPS) is 14.6. The van der Waals surface area contributed by atoms with E-state index in [0.29, 0.717) is 17.9 Å². The number of aromatic nitrogens is 1. The van der Waals surface area contributed by atoms with Crippen molar-refractivity contribution in [2.45, 2.75) is 39.2 Å². The van der Waals surface area contributed by atoms with Gasteiger partial charge in [0.1, 0.15) is 5.69 Å². The topological polar surface area (TPSA) is 60.0 Å². The highest BCUT2D eigenvalue weighted by Crippen LogP contribution is 2.19. The molecule has 98 valence electrons. The SMILES string of the molecule is CCn1cc(N)cc1C(=O)NCCC1=CCCC1. The van der Waals surface area contributed by atoms with Gasteiger partial charge in [-0.05, 0) is 38.7 Å². The van der Waals surface area contributed by atoms with Gasteiger partial charge in [-0.2, -0.15) is 0 Å². The monoisotopic (exact) mass is 247 g/mol. The average Bonchev–Trinajstić information content (AvgIpc) is 2.98. The van der Waals surface area contributed by atoms with Crippen molar-refractivity contribution in [3.05, 3.63) is 29.6 Å². The molecule has 0 spiro atoms. The number of allylic oxidation sites excluding steroid dienone is 1. The number of rotatable bonds is 5. The molecule has 1 aromatic heterocycles. The number of nitrogens with one attached hydrogen (secondary N) is 1. The van der Waals surface area contributed by atoms with Gasteiger partial charge in [-0.25, -0.2) is 0 Å². The molecular formula is C14H21N3O. The fourth-order valence-electron chi connectivity index (χ4n) is 2.38. The Balaban J connectivity index is 1.87. The molecule has 0 aromatic carbocycles. The number of nitrogens with two attached hydrogens (primary N) is 1. The average molecular weight is 247 g/mol. The molecule has 4 nitrogen and oxygen atoms in total. The van der Waals surface area contributed by atoms with Crippen LogP contribution >= 0.6 is 0 Å². The molecule has 1 aromatic rings. The van der Waals surface area contributed by atoms with E-state index >= 15 is 0 Å². The van der Waals surface area contributed by atoms with Crippen LogP contribution in [0.1, 0.15) is 43.1 Å². The largest absolute Gasteiger partial charge is 0.397 e. The Bertz CT molecular complexity index is 460. The van der Waals surface area contributed by atoms with Crippen molar-refractivity contribution in [3.8, 4) is 0 Å². The molecule has 0 bridgehead atoms. The van der Waals surface area contributed by atoms with Gasteiger partial charge in [0.25, 0.3) is 5.91 Å². The van der Waals surface area contributed by atoms with E-state index in [4.69, 9.17) is 5.73 Å². The first-order valence-corrected chi connectivity index (χ1v) is 6.62. The lowest BCUT2D eigenvalue weighted by Gasteiger charge is -2.08. The number of carbonyl (C=O) groups excluding carboxylic acids is 1. The van der Waals surface area contributed by atoms with E-state index in [2.05, 4.69) is 11.4 Å². The number of carbonyl (C=O) groups is 1. The summed E-state index contributed by atoms with van der Waals surface area (Å²) in [5, 5.41) is 2.96. The van der Waals surface area contributed by atoms with Crippen LogP contribution in [0.4, 0.5) is 5.69 Å². The van der Waals surface area contributed by atoms with Crippen molar-refractivity contribution in [2.24, 2.45) is 0 Å². The van der Waals surface area contributed by atoms with E-state index in [9.17, 15) is 4.79 Å². The third-order valence-electron chi connectivity index (χ3n) is 3.36. The lowest BCUT2D eigenvalue weighted by molar-refractivity contribution is 0.0945. The number of anilines is 1. The maximum absolute atomic E-state index is 12.0. The maximum atomic E-state index is 12.0. The molecule has 0 fully saturated rings. The van der Waals surface area contributed by atoms with Gasteiger partial charge in [-0.3, -0.25) is 4.79 Å². The fourth-order valence-corrected chi connectivity index (χ4v) is 2.38. The van der Waals surface area contributed by atoms with Gasteiger partial charge >= 0.3 is 0 Å². The van der Waals surface area contributed by atoms with Crippen molar-refractivity contribution in [1.82, 2.24) is 9.88 Å². The Hall–Kier alpha value is -1.71. The first-order chi connectivity index (χ1) is 8.70. The Morgan fingerprint density at radius 2 is 2.39 bits per heavy atom. The van der Waals surface area contributed by atoms with Crippen LogP contribution in [0.15, 0.2) is 23.9 Å². The third kappa shape index (κ3) is 2.94. The van der Waals surface area contributed by atoms with Crippen LogP contribution in [0, 0.1) is 0 Å². The minimum absolute atomic E-state index is 0.0350. The highest BCUT2D eigenvalue weighted by Gasteiger charge is 2.12. The van der Waals surface area contributed by atoms with Crippen LogP contribution in [0.3, 0.4) is 0 Å². The van der Waals surface area contributed by atoms with Crippen molar-refractivity contribution in [2.75, 3.05) is 12.3 Å². The first-order valence-electron chi connectivity index (χ1n) is 6.62. The molecule has 18 heavy (non-hydrogen) atoms. The molecule has 1 heterocycles. The Morgan fingerprint density at radius 3 is 3.06 bits per heavy atom. The molecule has 1 aliphatic carbocycles. The maximum Gasteiger partial charge on any atom is 0.267 e. The van der Waals surface area contributed by atoms with Crippen molar-refractivity contribution < 1.29 is 4.79 Å². The first kappa shape index (κ1) is 12.7. The molecule has 0 saturated heterocycles. The van der Waals surface area contributed by atoms with Gasteiger partial charge in [0.05, 0.1) is 5.69 Å². The molecule has 2 rings (SSSR count). The minimum Gasteiger partial charge on any atom is -0.397 e. The smallest absolute Gasteiger partial charge is 0.267 e. The predicted molar refractivity (Wildman–Crippen MR) is 73.4 cm³/mol. The fraction of sp³-hybridized carbons (Fsp3) is 0.500. The summed E-state index contributed by atoms with van der Waals surface area (Å²) in [6.07, 6.45) is 8.70. The minimum atomic E-state index is -0.0350. The number of hydrogen-bond donors (Lipinski definition) is 2. The molecular weight excluding hydrogens is 226 g/mol. The van der Waals surface area contributed by atoms with Gasteiger partial charge in [0.15, 0.2) is 0 Å². The summed E-state index contributed by atoms with van der Waals surface area (Å²) in [5.41, 5.74) is 8.47. The highest BCUT2D eigenvalue weighted by molar-refractivity contribution is 5.93. The molecule has 4 heteroatoms. The van der Waals surface area contributed by atoms with E-state index in [0.717, 1.165) is 13.0 Å². The van der Waals surface area contributed by atoms with Gasteiger partial charge in [-0.1, -0.05) is 11.6 Å². The zero-order valence-corrected chi connectivity index (χ0v) is 10.9. The van der Waals surface area contributed by atoms with E-state index in [-0.39, 0.29) is 5.91 Å². The van der Waals surface area contributed by atoms with Crippen LogP contribution in [0.25, 0.3) is 0 Å². The van der Waals surface area contributed by atoms with Crippen molar-refractivity contribution >= 4 is 11.6 Å². The molecule has 0 aliphatic heterocycles. The van der Waals surface area contributed by atoms with Crippen LogP contribution in [-0.4, -0.2) is 17.0 Å². The van der Waals surface area contributed by atoms with Crippen LogP contribution in [0.5, 0.6) is 0 Å². The summed E-state index contributed by atoms with van der Waals surface area (Å²) >= 11 is 0. The summed E-state index contributed by atoms with van der Waals surface area (Å²) in [4.78, 5) is 12.0. The number of aryl methyl sites for hydroxylation is 1. The van der Waals surface area contributed by atoms with Gasteiger partial charge in [-0.15, -0.1) is 0 Å². The standard InChI is InChI=1S/C14H21N3O/c1-2-17-10-12(15)9-13(17)14(18)16-8-7-11-5-3-4-6-11/h5,9-10H,2-4,6-8,15H2,1H3,(H,16,18). The van der Waals surface area contributed by atoms with Gasteiger partial charge in [0, 0.05) is 19.3 Å². The number of hydrogen-bond acceptors (Lipinski definition) is 2. The number of nitrogens with zero attached hydrogens (tertiary/aromatic N) is 1. The second-order valence-electron chi connectivity index (χ2n) is 4.71. The second-order valence-corrected chi connectivity index (χ2v) is 4.71. The van der Waals surface area contributed by atoms with Crippen LogP contribution in [0.2, 0.25) is 0 Å². The Kier molecular flexibility index (Phi) is 4.07. The summed E-state index contributed by atoms with van der Waals surface area (Å²) in [7, 11) is 0. The Labute approximate surface area is 108 Å². The zero-order chi connectivity index (χ0) is 13.0. The molecule has 0 radical (unpaired) electrons. The Morgan fingerprint density at radius 1 is 1.56 bits per heavy atom. The zero-order valence-electron chi connectivity index (χ0n) is 10.9. The molecule has 0 saturated carbocycles. The third-order valence-corrected chi connectivity index (χ3v) is 3.36. The van der Waals surface area contributed by atoms with E-state index < -0.39 is 0 Å². The summed E-state index contributed by atoms with van der Waals surface area (Å²) in [5.74, 6) is -0.0350. The van der Waals surface area contributed by atoms with E-state index in [1.807, 2.05) is 11.5 Å². The summed E-state index contributed by atoms with van der Waals surface area (Å²) < 4.78 is 1.87. The second kappa shape index (κ2) is 5.76. The molecule has 0 unspecified atom stereocenters. The predicted octanol–water partition coefficient (Wildman–Crippen LogP) is 2.32. The van der Waals surface area contributed by atoms with Crippen LogP contribution < -0.4 is 11.1 Å². The molecule has 1 amide bonds. The highest BCUT2D eigenvalue weighted by atomic mass is 16.1. The van der Waals surface area contributed by atoms with Crippen molar-refractivity contribution in [3.63, 3.8) is 0 Å². The van der Waals surface area contributed by atoms with Crippen LogP contribution in [-0.2, 0) is 6.54 Å². The lowest BCUT2D eigenvalue weighted by Crippen LogP contribution is -2.26. The van der Waals surface area contributed by atoms with Gasteiger partial charge < -0.3 is 15.6 Å². The summed E-state index contributed by atoms with van der Waals surface area (Å²) in [6, 6.07) is 1.73. The quantitative estimate of drug-likeness (QED) is 0.784. The van der Waals surface area contributed by atoms with E-state index in [1.54, 1.807) is 12.3 Å². The van der Waals surface area contributed by atoms with Crippen molar-refractivity contribution in [1.29, 1.82) is 0 Å².